The first-order chi connectivity index (χ1) is 11.1. The summed E-state index contributed by atoms with van der Waals surface area (Å²) in [4.78, 5) is 2.61. The standard InChI is InChI=1S/C19H29FN2O/c1-14(12-19(23)16-4-6-17(20)7-5-16)21-18-8-10-22(11-9-18)13-15-2-3-15/h4-7,14-15,18-19,21,23H,2-3,8-13H2,1H3. The van der Waals surface area contributed by atoms with Crippen molar-refractivity contribution in [2.75, 3.05) is 19.6 Å². The van der Waals surface area contributed by atoms with E-state index in [0.717, 1.165) is 11.5 Å². The fourth-order valence-corrected chi connectivity index (χ4v) is 3.57. The molecule has 1 aromatic rings. The van der Waals surface area contributed by atoms with Gasteiger partial charge in [-0.05, 0) is 75.7 Å². The molecule has 2 fully saturated rings. The highest BCUT2D eigenvalue weighted by atomic mass is 19.1. The number of hydrogen-bond donors (Lipinski definition) is 2. The Morgan fingerprint density at radius 1 is 1.17 bits per heavy atom. The lowest BCUT2D eigenvalue weighted by Crippen LogP contribution is -2.46. The molecule has 0 bridgehead atoms. The Kier molecular flexibility index (Phi) is 5.67. The molecule has 3 nitrogen and oxygen atoms in total. The maximum atomic E-state index is 12.9. The van der Waals surface area contributed by atoms with Crippen molar-refractivity contribution in [3.63, 3.8) is 0 Å². The minimum Gasteiger partial charge on any atom is -0.388 e. The molecule has 4 heteroatoms. The van der Waals surface area contributed by atoms with Crippen molar-refractivity contribution >= 4 is 0 Å². The summed E-state index contributed by atoms with van der Waals surface area (Å²) in [7, 11) is 0. The van der Waals surface area contributed by atoms with Gasteiger partial charge in [0.1, 0.15) is 5.82 Å². The highest BCUT2D eigenvalue weighted by Gasteiger charge is 2.27. The molecular formula is C19H29FN2O. The molecule has 3 rings (SSSR count). The minimum absolute atomic E-state index is 0.259. The van der Waals surface area contributed by atoms with E-state index >= 15 is 0 Å². The molecule has 1 saturated carbocycles. The van der Waals surface area contributed by atoms with Gasteiger partial charge in [0, 0.05) is 18.6 Å². The molecule has 0 spiro atoms. The first kappa shape index (κ1) is 16.9. The topological polar surface area (TPSA) is 35.5 Å². The van der Waals surface area contributed by atoms with E-state index in [2.05, 4.69) is 17.1 Å². The third-order valence-electron chi connectivity index (χ3n) is 5.15. The summed E-state index contributed by atoms with van der Waals surface area (Å²) in [5, 5.41) is 13.9. The summed E-state index contributed by atoms with van der Waals surface area (Å²) in [6.07, 6.45) is 5.38. The Bertz CT molecular complexity index is 481. The molecule has 0 amide bonds. The smallest absolute Gasteiger partial charge is 0.123 e. The van der Waals surface area contributed by atoms with Crippen LogP contribution in [0, 0.1) is 11.7 Å². The van der Waals surface area contributed by atoms with Gasteiger partial charge < -0.3 is 15.3 Å². The van der Waals surface area contributed by atoms with Crippen molar-refractivity contribution in [1.29, 1.82) is 0 Å². The number of likely N-dealkylation sites (tertiary alicyclic amines) is 1. The quantitative estimate of drug-likeness (QED) is 0.810. The zero-order chi connectivity index (χ0) is 16.2. The lowest BCUT2D eigenvalue weighted by molar-refractivity contribution is 0.141. The second kappa shape index (κ2) is 7.73. The van der Waals surface area contributed by atoms with Crippen molar-refractivity contribution in [1.82, 2.24) is 10.2 Å². The Balaban J connectivity index is 1.38. The van der Waals surface area contributed by atoms with Gasteiger partial charge in [0.15, 0.2) is 0 Å². The van der Waals surface area contributed by atoms with Crippen molar-refractivity contribution in [3.8, 4) is 0 Å². The number of rotatable bonds is 7. The van der Waals surface area contributed by atoms with Crippen LogP contribution in [0.15, 0.2) is 24.3 Å². The van der Waals surface area contributed by atoms with Crippen LogP contribution in [0.2, 0.25) is 0 Å². The fourth-order valence-electron chi connectivity index (χ4n) is 3.57. The molecule has 0 aromatic heterocycles. The Morgan fingerprint density at radius 2 is 1.83 bits per heavy atom. The van der Waals surface area contributed by atoms with E-state index in [9.17, 15) is 9.50 Å². The summed E-state index contributed by atoms with van der Waals surface area (Å²) in [6.45, 7) is 5.82. The Hall–Kier alpha value is -0.970. The lowest BCUT2D eigenvalue weighted by Gasteiger charge is -2.34. The van der Waals surface area contributed by atoms with Gasteiger partial charge in [-0.1, -0.05) is 12.1 Å². The summed E-state index contributed by atoms with van der Waals surface area (Å²) >= 11 is 0. The van der Waals surface area contributed by atoms with Crippen LogP contribution in [0.25, 0.3) is 0 Å². The number of hydrogen-bond acceptors (Lipinski definition) is 3. The Labute approximate surface area is 138 Å². The van der Waals surface area contributed by atoms with Gasteiger partial charge in [0.05, 0.1) is 6.10 Å². The molecule has 128 valence electrons. The van der Waals surface area contributed by atoms with Crippen LogP contribution in [0.4, 0.5) is 4.39 Å². The minimum atomic E-state index is -0.534. The maximum absolute atomic E-state index is 12.9. The Morgan fingerprint density at radius 3 is 2.43 bits per heavy atom. The van der Waals surface area contributed by atoms with Gasteiger partial charge in [-0.2, -0.15) is 0 Å². The molecule has 1 aromatic carbocycles. The monoisotopic (exact) mass is 320 g/mol. The molecule has 2 atom stereocenters. The van der Waals surface area contributed by atoms with E-state index in [4.69, 9.17) is 0 Å². The van der Waals surface area contributed by atoms with Gasteiger partial charge in [0.2, 0.25) is 0 Å². The third kappa shape index (κ3) is 5.27. The highest BCUT2D eigenvalue weighted by molar-refractivity contribution is 5.18. The van der Waals surface area contributed by atoms with E-state index in [1.807, 2.05) is 0 Å². The predicted molar refractivity (Wildman–Crippen MR) is 90.8 cm³/mol. The number of nitrogens with zero attached hydrogens (tertiary/aromatic N) is 1. The van der Waals surface area contributed by atoms with Crippen LogP contribution in [0.1, 0.15) is 50.7 Å². The van der Waals surface area contributed by atoms with E-state index < -0.39 is 6.10 Å². The molecule has 1 saturated heterocycles. The summed E-state index contributed by atoms with van der Waals surface area (Å²) in [6, 6.07) is 6.97. The normalized spacial score (nSPS) is 22.9. The molecule has 2 unspecified atom stereocenters. The summed E-state index contributed by atoms with van der Waals surface area (Å²) in [5.41, 5.74) is 0.791. The number of piperidine rings is 1. The second-order valence-corrected chi connectivity index (χ2v) is 7.39. The van der Waals surface area contributed by atoms with Crippen LogP contribution >= 0.6 is 0 Å². The summed E-state index contributed by atoms with van der Waals surface area (Å²) in [5.74, 6) is 0.717. The van der Waals surface area contributed by atoms with Crippen LogP contribution in [-0.2, 0) is 0 Å². The van der Waals surface area contributed by atoms with Crippen LogP contribution in [0.3, 0.4) is 0 Å². The van der Waals surface area contributed by atoms with Crippen molar-refractivity contribution in [2.24, 2.45) is 5.92 Å². The van der Waals surface area contributed by atoms with E-state index in [1.54, 1.807) is 12.1 Å². The van der Waals surface area contributed by atoms with E-state index in [1.165, 1.54) is 57.5 Å². The molecule has 1 aliphatic heterocycles. The average molecular weight is 320 g/mol. The van der Waals surface area contributed by atoms with E-state index in [0.29, 0.717) is 12.5 Å². The number of nitrogens with one attached hydrogen (secondary N) is 1. The molecule has 2 aliphatic rings. The van der Waals surface area contributed by atoms with Crippen molar-refractivity contribution < 1.29 is 9.50 Å². The predicted octanol–water partition coefficient (Wildman–Crippen LogP) is 3.10. The third-order valence-corrected chi connectivity index (χ3v) is 5.15. The number of aliphatic hydroxyl groups excluding tert-OH is 1. The summed E-state index contributed by atoms with van der Waals surface area (Å²) < 4.78 is 12.9. The first-order valence-electron chi connectivity index (χ1n) is 9.02. The van der Waals surface area contributed by atoms with E-state index in [-0.39, 0.29) is 11.9 Å². The maximum Gasteiger partial charge on any atom is 0.123 e. The molecular weight excluding hydrogens is 291 g/mol. The SMILES string of the molecule is CC(CC(O)c1ccc(F)cc1)NC1CCN(CC2CC2)CC1. The zero-order valence-electron chi connectivity index (χ0n) is 14.0. The lowest BCUT2D eigenvalue weighted by atomic mass is 9.99. The van der Waals surface area contributed by atoms with Gasteiger partial charge in [-0.3, -0.25) is 0 Å². The van der Waals surface area contributed by atoms with Crippen molar-refractivity contribution in [3.05, 3.63) is 35.6 Å². The average Bonchev–Trinajstić information content (AvgIpc) is 3.34. The molecule has 0 radical (unpaired) electrons. The van der Waals surface area contributed by atoms with Crippen LogP contribution < -0.4 is 5.32 Å². The fraction of sp³-hybridized carbons (Fsp3) is 0.684. The van der Waals surface area contributed by atoms with Crippen LogP contribution in [-0.4, -0.2) is 41.7 Å². The van der Waals surface area contributed by atoms with Gasteiger partial charge in [-0.25, -0.2) is 4.39 Å². The second-order valence-electron chi connectivity index (χ2n) is 7.39. The highest BCUT2D eigenvalue weighted by Crippen LogP contribution is 2.30. The first-order valence-corrected chi connectivity index (χ1v) is 9.02. The molecule has 1 aliphatic carbocycles. The molecule has 2 N–H and O–H groups in total. The largest absolute Gasteiger partial charge is 0.388 e. The van der Waals surface area contributed by atoms with Gasteiger partial charge >= 0.3 is 0 Å². The van der Waals surface area contributed by atoms with Crippen molar-refractivity contribution in [2.45, 2.75) is 57.2 Å². The molecule has 23 heavy (non-hydrogen) atoms. The van der Waals surface area contributed by atoms with Crippen LogP contribution in [0.5, 0.6) is 0 Å². The zero-order valence-corrected chi connectivity index (χ0v) is 14.0. The number of benzene rings is 1. The van der Waals surface area contributed by atoms with Gasteiger partial charge in [-0.15, -0.1) is 0 Å². The molecule has 1 heterocycles. The van der Waals surface area contributed by atoms with Gasteiger partial charge in [0.25, 0.3) is 0 Å². The number of aliphatic hydroxyl groups is 1. The number of halogens is 1.